The first-order valence-corrected chi connectivity index (χ1v) is 8.94. The van der Waals surface area contributed by atoms with Crippen LogP contribution < -0.4 is 10.2 Å². The molecule has 3 rings (SSSR count). The second kappa shape index (κ2) is 7.08. The lowest BCUT2D eigenvalue weighted by molar-refractivity contribution is -0.127. The van der Waals surface area contributed by atoms with Crippen molar-refractivity contribution in [2.45, 2.75) is 39.5 Å². The van der Waals surface area contributed by atoms with E-state index in [1.54, 1.807) is 0 Å². The van der Waals surface area contributed by atoms with Gasteiger partial charge in [0.05, 0.1) is 16.8 Å². The molecule has 0 aromatic heterocycles. The largest absolute Gasteiger partial charge is 0.382 e. The van der Waals surface area contributed by atoms with Gasteiger partial charge in [-0.2, -0.15) is 0 Å². The van der Waals surface area contributed by atoms with Gasteiger partial charge in [0.15, 0.2) is 0 Å². The van der Waals surface area contributed by atoms with Crippen LogP contribution in [0.1, 0.15) is 39.5 Å². The fourth-order valence-corrected chi connectivity index (χ4v) is 3.50. The number of anilines is 3. The quantitative estimate of drug-likeness (QED) is 0.803. The summed E-state index contributed by atoms with van der Waals surface area (Å²) >= 11 is 0. The molecule has 0 saturated carbocycles. The standard InChI is InChI=1S/C21H26N2O/c1-3-5-15-21(4-2)16-22-18-13-9-10-14-19(18)23(20(21)24)17-11-7-6-8-12-17/h6-14,22H,3-5,15-16H2,1-2H3. The summed E-state index contributed by atoms with van der Waals surface area (Å²) in [6.45, 7) is 5.01. The number of hydrogen-bond donors (Lipinski definition) is 1. The molecule has 24 heavy (non-hydrogen) atoms. The molecule has 1 aliphatic rings. The second-order valence-electron chi connectivity index (χ2n) is 6.58. The van der Waals surface area contributed by atoms with Gasteiger partial charge in [-0.25, -0.2) is 0 Å². The van der Waals surface area contributed by atoms with E-state index in [1.165, 1.54) is 0 Å². The van der Waals surface area contributed by atoms with E-state index in [1.807, 2.05) is 53.4 Å². The molecule has 1 aliphatic heterocycles. The highest BCUT2D eigenvalue weighted by Crippen LogP contribution is 2.42. The van der Waals surface area contributed by atoms with Gasteiger partial charge in [0.25, 0.3) is 0 Å². The highest BCUT2D eigenvalue weighted by molar-refractivity contribution is 6.07. The summed E-state index contributed by atoms with van der Waals surface area (Å²) in [4.78, 5) is 15.6. The van der Waals surface area contributed by atoms with Gasteiger partial charge in [0.2, 0.25) is 5.91 Å². The van der Waals surface area contributed by atoms with Crippen LogP contribution in [-0.4, -0.2) is 12.5 Å². The Bertz CT molecular complexity index is 698. The number of unbranched alkanes of at least 4 members (excludes halogenated alkanes) is 1. The molecule has 0 spiro atoms. The average Bonchev–Trinajstić information content (AvgIpc) is 2.76. The van der Waals surface area contributed by atoms with Crippen molar-refractivity contribution in [1.82, 2.24) is 0 Å². The summed E-state index contributed by atoms with van der Waals surface area (Å²) in [7, 11) is 0. The number of hydrogen-bond acceptors (Lipinski definition) is 2. The summed E-state index contributed by atoms with van der Waals surface area (Å²) in [6, 6.07) is 18.1. The Morgan fingerprint density at radius 2 is 1.75 bits per heavy atom. The molecule has 1 heterocycles. The molecule has 2 aromatic carbocycles. The third-order valence-corrected chi connectivity index (χ3v) is 5.12. The van der Waals surface area contributed by atoms with E-state index in [0.29, 0.717) is 6.54 Å². The van der Waals surface area contributed by atoms with Crippen molar-refractivity contribution in [1.29, 1.82) is 0 Å². The van der Waals surface area contributed by atoms with Gasteiger partial charge in [-0.3, -0.25) is 9.69 Å². The van der Waals surface area contributed by atoms with Crippen LogP contribution in [0.4, 0.5) is 17.1 Å². The maximum Gasteiger partial charge on any atom is 0.239 e. The van der Waals surface area contributed by atoms with Gasteiger partial charge in [-0.1, -0.05) is 57.0 Å². The molecule has 0 bridgehead atoms. The monoisotopic (exact) mass is 322 g/mol. The molecule has 0 saturated heterocycles. The zero-order chi connectivity index (χ0) is 17.0. The van der Waals surface area contributed by atoms with Crippen molar-refractivity contribution < 1.29 is 4.79 Å². The predicted octanol–water partition coefficient (Wildman–Crippen LogP) is 5.36. The van der Waals surface area contributed by atoms with Crippen molar-refractivity contribution in [3.63, 3.8) is 0 Å². The van der Waals surface area contributed by atoms with Crippen molar-refractivity contribution in [3.05, 3.63) is 54.6 Å². The van der Waals surface area contributed by atoms with Gasteiger partial charge in [0, 0.05) is 12.2 Å². The lowest BCUT2D eigenvalue weighted by Crippen LogP contribution is -2.43. The first kappa shape index (κ1) is 16.6. The molecule has 2 aromatic rings. The van der Waals surface area contributed by atoms with E-state index in [-0.39, 0.29) is 11.3 Å². The number of fused-ring (bicyclic) bond motifs is 1. The first-order valence-electron chi connectivity index (χ1n) is 8.94. The van der Waals surface area contributed by atoms with Gasteiger partial charge in [-0.05, 0) is 37.1 Å². The number of nitrogens with zero attached hydrogens (tertiary/aromatic N) is 1. The number of carbonyl (C=O) groups excluding carboxylic acids is 1. The minimum absolute atomic E-state index is 0.210. The molecule has 0 radical (unpaired) electrons. The zero-order valence-electron chi connectivity index (χ0n) is 14.6. The third kappa shape index (κ3) is 2.91. The molecule has 3 heteroatoms. The lowest BCUT2D eigenvalue weighted by atomic mass is 9.78. The fourth-order valence-electron chi connectivity index (χ4n) is 3.50. The minimum Gasteiger partial charge on any atom is -0.382 e. The van der Waals surface area contributed by atoms with Gasteiger partial charge >= 0.3 is 0 Å². The van der Waals surface area contributed by atoms with Crippen LogP contribution in [0.15, 0.2) is 54.6 Å². The van der Waals surface area contributed by atoms with Crippen LogP contribution in [0, 0.1) is 5.41 Å². The van der Waals surface area contributed by atoms with Crippen molar-refractivity contribution in [2.24, 2.45) is 5.41 Å². The molecular weight excluding hydrogens is 296 g/mol. The third-order valence-electron chi connectivity index (χ3n) is 5.12. The molecule has 1 atom stereocenters. The smallest absolute Gasteiger partial charge is 0.239 e. The van der Waals surface area contributed by atoms with Crippen molar-refractivity contribution >= 4 is 23.0 Å². The molecule has 0 fully saturated rings. The maximum absolute atomic E-state index is 13.7. The highest BCUT2D eigenvalue weighted by Gasteiger charge is 2.42. The Balaban J connectivity index is 2.11. The molecule has 3 nitrogen and oxygen atoms in total. The molecule has 126 valence electrons. The van der Waals surface area contributed by atoms with E-state index >= 15 is 0 Å². The van der Waals surface area contributed by atoms with Crippen LogP contribution in [0.2, 0.25) is 0 Å². The number of rotatable bonds is 5. The van der Waals surface area contributed by atoms with Crippen LogP contribution in [-0.2, 0) is 4.79 Å². The number of nitrogens with one attached hydrogen (secondary N) is 1. The number of para-hydroxylation sites is 3. The molecule has 1 unspecified atom stereocenters. The molecule has 1 amide bonds. The second-order valence-corrected chi connectivity index (χ2v) is 6.58. The number of carbonyl (C=O) groups is 1. The zero-order valence-corrected chi connectivity index (χ0v) is 14.6. The van der Waals surface area contributed by atoms with Gasteiger partial charge in [-0.15, -0.1) is 0 Å². The van der Waals surface area contributed by atoms with Gasteiger partial charge < -0.3 is 5.32 Å². The predicted molar refractivity (Wildman–Crippen MR) is 101 cm³/mol. The Labute approximate surface area is 144 Å². The van der Waals surface area contributed by atoms with E-state index in [0.717, 1.165) is 42.7 Å². The normalized spacial score (nSPS) is 20.2. The Kier molecular flexibility index (Phi) is 4.89. The van der Waals surface area contributed by atoms with Crippen LogP contribution in [0.25, 0.3) is 0 Å². The van der Waals surface area contributed by atoms with E-state index in [2.05, 4.69) is 25.2 Å². The van der Waals surface area contributed by atoms with E-state index < -0.39 is 0 Å². The summed E-state index contributed by atoms with van der Waals surface area (Å²) in [5.74, 6) is 0.210. The summed E-state index contributed by atoms with van der Waals surface area (Å²) in [5.41, 5.74) is 2.56. The molecule has 1 N–H and O–H groups in total. The summed E-state index contributed by atoms with van der Waals surface area (Å²) in [6.07, 6.45) is 3.94. The molecular formula is C21H26N2O. The van der Waals surface area contributed by atoms with Gasteiger partial charge in [0.1, 0.15) is 0 Å². The Morgan fingerprint density at radius 3 is 2.46 bits per heavy atom. The Morgan fingerprint density at radius 1 is 1.04 bits per heavy atom. The summed E-state index contributed by atoms with van der Waals surface area (Å²) in [5, 5.41) is 3.54. The minimum atomic E-state index is -0.356. The fraction of sp³-hybridized carbons (Fsp3) is 0.381. The van der Waals surface area contributed by atoms with E-state index in [4.69, 9.17) is 0 Å². The van der Waals surface area contributed by atoms with Crippen LogP contribution in [0.5, 0.6) is 0 Å². The number of benzene rings is 2. The molecule has 0 aliphatic carbocycles. The maximum atomic E-state index is 13.7. The Hall–Kier alpha value is -2.29. The number of amides is 1. The first-order chi connectivity index (χ1) is 11.7. The van der Waals surface area contributed by atoms with Crippen molar-refractivity contribution in [3.8, 4) is 0 Å². The lowest BCUT2D eigenvalue weighted by Gasteiger charge is -2.34. The topological polar surface area (TPSA) is 32.3 Å². The van der Waals surface area contributed by atoms with Crippen LogP contribution in [0.3, 0.4) is 0 Å². The van der Waals surface area contributed by atoms with Crippen LogP contribution >= 0.6 is 0 Å². The highest BCUT2D eigenvalue weighted by atomic mass is 16.2. The van der Waals surface area contributed by atoms with Crippen molar-refractivity contribution in [2.75, 3.05) is 16.8 Å². The van der Waals surface area contributed by atoms with E-state index in [9.17, 15) is 4.79 Å². The summed E-state index contributed by atoms with van der Waals surface area (Å²) < 4.78 is 0. The average molecular weight is 322 g/mol. The SMILES string of the molecule is CCCCC1(CC)CNc2ccccc2N(c2ccccc2)C1=O.